The van der Waals surface area contributed by atoms with Gasteiger partial charge in [-0.25, -0.2) is 0 Å². The third kappa shape index (κ3) is 2.05. The van der Waals surface area contributed by atoms with Gasteiger partial charge in [0.15, 0.2) is 0 Å². The fourth-order valence-corrected chi connectivity index (χ4v) is 1.62. The number of nitrogens with one attached hydrogen (secondary N) is 1. The summed E-state index contributed by atoms with van der Waals surface area (Å²) in [5.74, 6) is 0.852. The van der Waals surface area contributed by atoms with Crippen LogP contribution in [0.2, 0.25) is 0 Å². The van der Waals surface area contributed by atoms with Crippen molar-refractivity contribution in [2.75, 3.05) is 5.32 Å². The van der Waals surface area contributed by atoms with Gasteiger partial charge in [-0.3, -0.25) is 0 Å². The van der Waals surface area contributed by atoms with Gasteiger partial charge < -0.3 is 5.32 Å². The number of nitriles is 1. The lowest BCUT2D eigenvalue weighted by atomic mass is 10.2. The molecule has 0 unspecified atom stereocenters. The smallest absolute Gasteiger partial charge is 0.0991 e. The maximum absolute atomic E-state index is 8.64. The molecule has 0 aliphatic heterocycles. The topological polar surface area (TPSA) is 35.8 Å². The molecule has 1 aliphatic carbocycles. The first-order valence-corrected chi connectivity index (χ1v) is 5.06. The zero-order valence-electron chi connectivity index (χ0n) is 8.33. The second-order valence-electron chi connectivity index (χ2n) is 3.96. The highest BCUT2D eigenvalue weighted by Crippen LogP contribution is 2.33. The predicted octanol–water partition coefficient (Wildman–Crippen LogP) is 2.77. The van der Waals surface area contributed by atoms with E-state index < -0.39 is 0 Å². The van der Waals surface area contributed by atoms with Gasteiger partial charge in [0.25, 0.3) is 0 Å². The Morgan fingerprint density at radius 2 is 2.00 bits per heavy atom. The largest absolute Gasteiger partial charge is 0.382 e. The average Bonchev–Trinajstić information content (AvgIpc) is 3.02. The Hall–Kier alpha value is -1.49. The molecule has 14 heavy (non-hydrogen) atoms. The molecule has 0 bridgehead atoms. The molecule has 72 valence electrons. The Morgan fingerprint density at radius 3 is 2.50 bits per heavy atom. The number of hydrogen-bond acceptors (Lipinski definition) is 2. The summed E-state index contributed by atoms with van der Waals surface area (Å²) in [5, 5.41) is 12.1. The van der Waals surface area contributed by atoms with E-state index in [2.05, 4.69) is 18.3 Å². The normalized spacial score (nSPS) is 17.1. The Kier molecular flexibility index (Phi) is 2.41. The second kappa shape index (κ2) is 3.71. The van der Waals surface area contributed by atoms with Crippen LogP contribution < -0.4 is 5.32 Å². The van der Waals surface area contributed by atoms with Crippen LogP contribution in [0.4, 0.5) is 5.69 Å². The molecule has 1 aromatic carbocycles. The van der Waals surface area contributed by atoms with Gasteiger partial charge in [-0.05, 0) is 49.9 Å². The van der Waals surface area contributed by atoms with E-state index in [-0.39, 0.29) is 0 Å². The molecule has 0 radical (unpaired) electrons. The molecular formula is C12H14N2. The molecule has 0 aromatic heterocycles. The van der Waals surface area contributed by atoms with Crippen molar-refractivity contribution in [3.63, 3.8) is 0 Å². The first-order chi connectivity index (χ1) is 6.79. The van der Waals surface area contributed by atoms with Crippen LogP contribution in [0.1, 0.15) is 25.3 Å². The second-order valence-corrected chi connectivity index (χ2v) is 3.96. The van der Waals surface area contributed by atoms with Gasteiger partial charge in [0, 0.05) is 11.7 Å². The van der Waals surface area contributed by atoms with E-state index in [1.165, 1.54) is 12.8 Å². The van der Waals surface area contributed by atoms with E-state index in [9.17, 15) is 0 Å². The van der Waals surface area contributed by atoms with Gasteiger partial charge >= 0.3 is 0 Å². The quantitative estimate of drug-likeness (QED) is 0.787. The van der Waals surface area contributed by atoms with Crippen molar-refractivity contribution < 1.29 is 0 Å². The van der Waals surface area contributed by atoms with E-state index in [0.717, 1.165) is 17.2 Å². The summed E-state index contributed by atoms with van der Waals surface area (Å²) >= 11 is 0. The third-order valence-corrected chi connectivity index (χ3v) is 2.74. The minimum absolute atomic E-state index is 0.558. The predicted molar refractivity (Wildman–Crippen MR) is 57.0 cm³/mol. The summed E-state index contributed by atoms with van der Waals surface area (Å²) in [5.41, 5.74) is 1.83. The van der Waals surface area contributed by atoms with E-state index >= 15 is 0 Å². The molecule has 0 heterocycles. The van der Waals surface area contributed by atoms with Crippen LogP contribution in [-0.4, -0.2) is 6.04 Å². The molecule has 0 saturated heterocycles. The van der Waals surface area contributed by atoms with Crippen LogP contribution in [0, 0.1) is 17.2 Å². The molecule has 2 rings (SSSR count). The van der Waals surface area contributed by atoms with Crippen LogP contribution in [0.5, 0.6) is 0 Å². The minimum atomic E-state index is 0.558. The third-order valence-electron chi connectivity index (χ3n) is 2.74. The Morgan fingerprint density at radius 1 is 1.36 bits per heavy atom. The molecular weight excluding hydrogens is 172 g/mol. The summed E-state index contributed by atoms with van der Waals surface area (Å²) in [7, 11) is 0. The Bertz CT molecular complexity index is 344. The summed E-state index contributed by atoms with van der Waals surface area (Å²) in [6, 6.07) is 10.3. The van der Waals surface area contributed by atoms with E-state index in [1.807, 2.05) is 24.3 Å². The monoisotopic (exact) mass is 186 g/mol. The molecule has 1 aromatic rings. The van der Waals surface area contributed by atoms with Gasteiger partial charge in [-0.15, -0.1) is 0 Å². The maximum atomic E-state index is 8.64. The zero-order valence-corrected chi connectivity index (χ0v) is 8.33. The fourth-order valence-electron chi connectivity index (χ4n) is 1.62. The molecule has 1 atom stereocenters. The highest BCUT2D eigenvalue weighted by Gasteiger charge is 2.27. The SMILES string of the molecule is C[C@@H](Nc1ccc(C#N)cc1)C1CC1. The number of benzene rings is 1. The highest BCUT2D eigenvalue weighted by atomic mass is 14.9. The number of rotatable bonds is 3. The lowest BCUT2D eigenvalue weighted by Gasteiger charge is -2.13. The number of hydrogen-bond donors (Lipinski definition) is 1. The van der Waals surface area contributed by atoms with Crippen molar-refractivity contribution in [2.45, 2.75) is 25.8 Å². The van der Waals surface area contributed by atoms with Gasteiger partial charge in [-0.2, -0.15) is 5.26 Å². The summed E-state index contributed by atoms with van der Waals surface area (Å²) in [4.78, 5) is 0. The summed E-state index contributed by atoms with van der Waals surface area (Å²) in [6.07, 6.45) is 2.70. The lowest BCUT2D eigenvalue weighted by molar-refractivity contribution is 0.694. The van der Waals surface area contributed by atoms with Crippen molar-refractivity contribution in [1.82, 2.24) is 0 Å². The Labute approximate surface area is 84.6 Å². The van der Waals surface area contributed by atoms with Crippen LogP contribution >= 0.6 is 0 Å². The molecule has 2 nitrogen and oxygen atoms in total. The van der Waals surface area contributed by atoms with E-state index in [4.69, 9.17) is 5.26 Å². The molecule has 1 saturated carbocycles. The fraction of sp³-hybridized carbons (Fsp3) is 0.417. The zero-order chi connectivity index (χ0) is 9.97. The van der Waals surface area contributed by atoms with Crippen LogP contribution in [0.25, 0.3) is 0 Å². The summed E-state index contributed by atoms with van der Waals surface area (Å²) in [6.45, 7) is 2.22. The molecule has 0 amide bonds. The maximum Gasteiger partial charge on any atom is 0.0991 e. The standard InChI is InChI=1S/C12H14N2/c1-9(11-4-5-11)14-12-6-2-10(8-13)3-7-12/h2-3,6-7,9,11,14H,4-5H2,1H3/t9-/m1/s1. The van der Waals surface area contributed by atoms with Crippen molar-refractivity contribution in [3.8, 4) is 6.07 Å². The van der Waals surface area contributed by atoms with E-state index in [1.54, 1.807) is 0 Å². The summed E-state index contributed by atoms with van der Waals surface area (Å²) < 4.78 is 0. The van der Waals surface area contributed by atoms with Crippen LogP contribution in [0.15, 0.2) is 24.3 Å². The van der Waals surface area contributed by atoms with Gasteiger partial charge in [-0.1, -0.05) is 0 Å². The van der Waals surface area contributed by atoms with Gasteiger partial charge in [0.2, 0.25) is 0 Å². The average molecular weight is 186 g/mol. The van der Waals surface area contributed by atoms with Crippen LogP contribution in [0.3, 0.4) is 0 Å². The van der Waals surface area contributed by atoms with Gasteiger partial charge in [0.05, 0.1) is 11.6 Å². The molecule has 2 heteroatoms. The first kappa shape index (κ1) is 9.08. The molecule has 1 fully saturated rings. The van der Waals surface area contributed by atoms with Crippen molar-refractivity contribution >= 4 is 5.69 Å². The molecule has 0 spiro atoms. The van der Waals surface area contributed by atoms with Crippen molar-refractivity contribution in [3.05, 3.63) is 29.8 Å². The minimum Gasteiger partial charge on any atom is -0.382 e. The van der Waals surface area contributed by atoms with Crippen molar-refractivity contribution in [2.24, 2.45) is 5.92 Å². The number of anilines is 1. The first-order valence-electron chi connectivity index (χ1n) is 5.06. The van der Waals surface area contributed by atoms with Crippen LogP contribution in [-0.2, 0) is 0 Å². The molecule has 1 aliphatic rings. The lowest BCUT2D eigenvalue weighted by Crippen LogP contribution is -2.16. The highest BCUT2D eigenvalue weighted by molar-refractivity contribution is 5.47. The number of nitrogens with zero attached hydrogens (tertiary/aromatic N) is 1. The molecule has 1 N–H and O–H groups in total. The van der Waals surface area contributed by atoms with Gasteiger partial charge in [0.1, 0.15) is 0 Å². The Balaban J connectivity index is 1.99. The van der Waals surface area contributed by atoms with Crippen molar-refractivity contribution in [1.29, 1.82) is 5.26 Å². The van der Waals surface area contributed by atoms with E-state index in [0.29, 0.717) is 6.04 Å².